The monoisotopic (exact) mass is 290 g/mol. The molecular formula is C16H20BClO2. The molecule has 0 spiro atoms. The predicted molar refractivity (Wildman–Crippen MR) is 84.4 cm³/mol. The van der Waals surface area contributed by atoms with Crippen molar-refractivity contribution in [2.75, 3.05) is 5.88 Å². The number of benzene rings is 1. The molecule has 1 aromatic carbocycles. The fourth-order valence-corrected chi connectivity index (χ4v) is 2.05. The molecule has 1 fully saturated rings. The van der Waals surface area contributed by atoms with Crippen LogP contribution in [-0.2, 0) is 9.31 Å². The summed E-state index contributed by atoms with van der Waals surface area (Å²) in [6, 6.07) is 7.99. The molecule has 0 bridgehead atoms. The van der Waals surface area contributed by atoms with E-state index in [9.17, 15) is 0 Å². The van der Waals surface area contributed by atoms with Crippen LogP contribution in [0.5, 0.6) is 0 Å². The Morgan fingerprint density at radius 3 is 2.40 bits per heavy atom. The van der Waals surface area contributed by atoms with Gasteiger partial charge in [-0.25, -0.2) is 0 Å². The summed E-state index contributed by atoms with van der Waals surface area (Å²) in [6.07, 6.45) is 0.697. The van der Waals surface area contributed by atoms with E-state index in [4.69, 9.17) is 20.9 Å². The zero-order chi connectivity index (χ0) is 14.8. The highest BCUT2D eigenvalue weighted by atomic mass is 35.5. The molecule has 0 N–H and O–H groups in total. The van der Waals surface area contributed by atoms with Crippen LogP contribution in [0.25, 0.3) is 0 Å². The highest BCUT2D eigenvalue weighted by Crippen LogP contribution is 2.36. The van der Waals surface area contributed by atoms with Crippen molar-refractivity contribution < 1.29 is 9.31 Å². The second-order valence-electron chi connectivity index (χ2n) is 5.95. The lowest BCUT2D eigenvalue weighted by Crippen LogP contribution is -2.41. The van der Waals surface area contributed by atoms with Crippen LogP contribution < -0.4 is 5.46 Å². The molecule has 0 radical (unpaired) electrons. The normalized spacial score (nSPS) is 19.6. The Kier molecular flexibility index (Phi) is 4.49. The summed E-state index contributed by atoms with van der Waals surface area (Å²) in [5.41, 5.74) is 1.32. The Labute approximate surface area is 126 Å². The Morgan fingerprint density at radius 1 is 1.15 bits per heavy atom. The molecule has 1 saturated heterocycles. The van der Waals surface area contributed by atoms with E-state index >= 15 is 0 Å². The number of halogens is 1. The van der Waals surface area contributed by atoms with Crippen LogP contribution in [0.3, 0.4) is 0 Å². The van der Waals surface area contributed by atoms with Crippen molar-refractivity contribution in [1.82, 2.24) is 0 Å². The van der Waals surface area contributed by atoms with E-state index in [1.807, 2.05) is 24.3 Å². The molecule has 0 aromatic heterocycles. The molecular weight excluding hydrogens is 270 g/mol. The topological polar surface area (TPSA) is 18.5 Å². The molecule has 1 aliphatic rings. The van der Waals surface area contributed by atoms with E-state index in [0.29, 0.717) is 12.3 Å². The molecule has 2 rings (SSSR count). The second-order valence-corrected chi connectivity index (χ2v) is 6.33. The first kappa shape index (κ1) is 15.4. The van der Waals surface area contributed by atoms with Gasteiger partial charge in [0.1, 0.15) is 0 Å². The van der Waals surface area contributed by atoms with Gasteiger partial charge in [-0.3, -0.25) is 0 Å². The largest absolute Gasteiger partial charge is 0.494 e. The van der Waals surface area contributed by atoms with E-state index in [-0.39, 0.29) is 18.3 Å². The first-order valence-electron chi connectivity index (χ1n) is 6.86. The fourth-order valence-electron chi connectivity index (χ4n) is 1.95. The lowest BCUT2D eigenvalue weighted by Gasteiger charge is -2.32. The van der Waals surface area contributed by atoms with Crippen LogP contribution in [0.1, 0.15) is 39.7 Å². The molecule has 0 unspecified atom stereocenters. The quantitative estimate of drug-likeness (QED) is 0.474. The van der Waals surface area contributed by atoms with E-state index in [0.717, 1.165) is 11.0 Å². The van der Waals surface area contributed by atoms with Crippen LogP contribution >= 0.6 is 11.6 Å². The van der Waals surface area contributed by atoms with Gasteiger partial charge in [-0.1, -0.05) is 24.0 Å². The van der Waals surface area contributed by atoms with Gasteiger partial charge >= 0.3 is 7.12 Å². The minimum atomic E-state index is -0.338. The minimum Gasteiger partial charge on any atom is -0.399 e. The van der Waals surface area contributed by atoms with Gasteiger partial charge in [0.05, 0.1) is 11.2 Å². The van der Waals surface area contributed by atoms with Crippen LogP contribution in [0.15, 0.2) is 24.3 Å². The number of alkyl halides is 1. The molecule has 0 amide bonds. The first-order chi connectivity index (χ1) is 9.36. The molecule has 0 aliphatic carbocycles. The van der Waals surface area contributed by atoms with Gasteiger partial charge in [0.25, 0.3) is 0 Å². The van der Waals surface area contributed by atoms with Gasteiger partial charge in [0, 0.05) is 17.9 Å². The van der Waals surface area contributed by atoms with E-state index in [2.05, 4.69) is 39.5 Å². The smallest absolute Gasteiger partial charge is 0.399 e. The van der Waals surface area contributed by atoms with Crippen LogP contribution in [-0.4, -0.2) is 24.2 Å². The van der Waals surface area contributed by atoms with Crippen LogP contribution in [0.2, 0.25) is 0 Å². The maximum atomic E-state index is 6.04. The molecule has 1 aliphatic heterocycles. The summed E-state index contributed by atoms with van der Waals surface area (Å²) >= 11 is 5.62. The summed E-state index contributed by atoms with van der Waals surface area (Å²) < 4.78 is 12.1. The van der Waals surface area contributed by atoms with Crippen molar-refractivity contribution in [2.24, 2.45) is 0 Å². The highest BCUT2D eigenvalue weighted by molar-refractivity contribution is 6.62. The maximum absolute atomic E-state index is 6.04. The summed E-state index contributed by atoms with van der Waals surface area (Å²) in [4.78, 5) is 0. The maximum Gasteiger partial charge on any atom is 0.494 e. The van der Waals surface area contributed by atoms with Crippen molar-refractivity contribution in [3.8, 4) is 11.8 Å². The Bertz CT molecular complexity index is 527. The van der Waals surface area contributed by atoms with Crippen LogP contribution in [0, 0.1) is 11.8 Å². The third kappa shape index (κ3) is 3.20. The summed E-state index contributed by atoms with van der Waals surface area (Å²) in [7, 11) is -0.338. The van der Waals surface area contributed by atoms with Crippen LogP contribution in [0.4, 0.5) is 0 Å². The Hall–Kier alpha value is -0.945. The fraction of sp³-hybridized carbons (Fsp3) is 0.500. The third-order valence-electron chi connectivity index (χ3n) is 3.86. The SMILES string of the molecule is CC1(C)OB(c2cccc(C#CCCCl)c2)OC1(C)C. The standard InChI is InChI=1S/C16H20BClO2/c1-15(2)16(3,4)20-17(19-15)14-10-7-9-13(12-14)8-5-6-11-18/h7,9-10,12H,6,11H2,1-4H3. The van der Waals surface area contributed by atoms with Gasteiger partial charge in [-0.2, -0.15) is 0 Å². The average molecular weight is 291 g/mol. The van der Waals surface area contributed by atoms with Crippen molar-refractivity contribution in [3.05, 3.63) is 29.8 Å². The van der Waals surface area contributed by atoms with Crippen molar-refractivity contribution in [3.63, 3.8) is 0 Å². The third-order valence-corrected chi connectivity index (χ3v) is 4.05. The zero-order valence-corrected chi connectivity index (χ0v) is 13.3. The second kappa shape index (κ2) is 5.81. The zero-order valence-electron chi connectivity index (χ0n) is 12.5. The average Bonchev–Trinajstić information content (AvgIpc) is 2.59. The van der Waals surface area contributed by atoms with Crippen molar-refractivity contribution in [2.45, 2.75) is 45.3 Å². The van der Waals surface area contributed by atoms with Crippen molar-refractivity contribution in [1.29, 1.82) is 0 Å². The lowest BCUT2D eigenvalue weighted by molar-refractivity contribution is 0.00578. The summed E-state index contributed by atoms with van der Waals surface area (Å²) in [6.45, 7) is 8.21. The molecule has 0 saturated carbocycles. The summed E-state index contributed by atoms with van der Waals surface area (Å²) in [5, 5.41) is 0. The number of hydrogen-bond donors (Lipinski definition) is 0. The van der Waals surface area contributed by atoms with Gasteiger partial charge in [-0.05, 0) is 45.3 Å². The first-order valence-corrected chi connectivity index (χ1v) is 7.40. The lowest BCUT2D eigenvalue weighted by atomic mass is 9.78. The van der Waals surface area contributed by atoms with Gasteiger partial charge in [0.2, 0.25) is 0 Å². The minimum absolute atomic E-state index is 0.321. The van der Waals surface area contributed by atoms with E-state index in [1.54, 1.807) is 0 Å². The van der Waals surface area contributed by atoms with E-state index in [1.165, 1.54) is 0 Å². The molecule has 20 heavy (non-hydrogen) atoms. The Morgan fingerprint density at radius 2 is 1.80 bits per heavy atom. The van der Waals surface area contributed by atoms with Crippen molar-refractivity contribution >= 4 is 24.2 Å². The highest BCUT2D eigenvalue weighted by Gasteiger charge is 2.51. The number of rotatable bonds is 2. The predicted octanol–water partition coefficient (Wildman–Crippen LogP) is 2.97. The van der Waals surface area contributed by atoms with E-state index < -0.39 is 0 Å². The summed E-state index contributed by atoms with van der Waals surface area (Å²) in [5.74, 6) is 6.70. The number of hydrogen-bond acceptors (Lipinski definition) is 2. The molecule has 0 atom stereocenters. The van der Waals surface area contributed by atoms with Gasteiger partial charge in [-0.15, -0.1) is 11.6 Å². The van der Waals surface area contributed by atoms with Gasteiger partial charge < -0.3 is 9.31 Å². The molecule has 4 heteroatoms. The molecule has 2 nitrogen and oxygen atoms in total. The van der Waals surface area contributed by atoms with Gasteiger partial charge in [0.15, 0.2) is 0 Å². The molecule has 1 heterocycles. The molecule has 106 valence electrons. The Balaban J connectivity index is 2.19. The molecule has 1 aromatic rings.